The smallest absolute Gasteiger partial charge is 0.00666 e. The maximum Gasteiger partial charge on any atom is -0.00666 e. The van der Waals surface area contributed by atoms with E-state index in [2.05, 4.69) is 59.7 Å². The fourth-order valence-electron chi connectivity index (χ4n) is 3.12. The number of rotatable bonds is 0. The summed E-state index contributed by atoms with van der Waals surface area (Å²) in [5.74, 6) is 0.696. The summed E-state index contributed by atoms with van der Waals surface area (Å²) in [5.41, 5.74) is 5.11. The van der Waals surface area contributed by atoms with Crippen molar-refractivity contribution in [2.45, 2.75) is 52.4 Å². The van der Waals surface area contributed by atoms with Gasteiger partial charge in [0, 0.05) is 0 Å². The molecular formula is C15H22. The predicted molar refractivity (Wildman–Crippen MR) is 66.4 cm³/mol. The third-order valence-corrected chi connectivity index (χ3v) is 4.73. The Hall–Kier alpha value is -0.780. The normalized spacial score (nSPS) is 26.4. The zero-order valence-corrected chi connectivity index (χ0v) is 10.8. The number of hydrogen-bond acceptors (Lipinski definition) is 0. The van der Waals surface area contributed by atoms with Crippen LogP contribution in [0.25, 0.3) is 0 Å². The minimum absolute atomic E-state index is 0.310. The molecule has 0 aliphatic heterocycles. The van der Waals surface area contributed by atoms with Gasteiger partial charge < -0.3 is 0 Å². The summed E-state index contributed by atoms with van der Waals surface area (Å²) in [7, 11) is 0. The van der Waals surface area contributed by atoms with Gasteiger partial charge in [0.25, 0.3) is 0 Å². The second kappa shape index (κ2) is 2.87. The lowest BCUT2D eigenvalue weighted by Gasteiger charge is -2.32. The van der Waals surface area contributed by atoms with Gasteiger partial charge in [-0.25, -0.2) is 0 Å². The highest BCUT2D eigenvalue weighted by molar-refractivity contribution is 5.47. The minimum Gasteiger partial charge on any atom is -0.0608 e. The lowest BCUT2D eigenvalue weighted by atomic mass is 9.71. The zero-order chi connectivity index (χ0) is 11.4. The summed E-state index contributed by atoms with van der Waals surface area (Å²) in [6.45, 7) is 14.1. The lowest BCUT2D eigenvalue weighted by molar-refractivity contribution is 0.264. The van der Waals surface area contributed by atoms with Crippen molar-refractivity contribution in [3.05, 3.63) is 34.9 Å². The molecule has 0 amide bonds. The summed E-state index contributed by atoms with van der Waals surface area (Å²) in [5, 5.41) is 0. The number of benzene rings is 1. The van der Waals surface area contributed by atoms with E-state index in [1.54, 1.807) is 11.1 Å². The Morgan fingerprint density at radius 2 is 1.47 bits per heavy atom. The van der Waals surface area contributed by atoms with E-state index in [0.29, 0.717) is 16.7 Å². The van der Waals surface area contributed by atoms with Crippen LogP contribution in [0.1, 0.15) is 51.3 Å². The van der Waals surface area contributed by atoms with Crippen molar-refractivity contribution in [2.24, 2.45) is 5.92 Å². The Labute approximate surface area is 93.7 Å². The highest BCUT2D eigenvalue weighted by Crippen LogP contribution is 2.53. The second-order valence-electron chi connectivity index (χ2n) is 6.21. The van der Waals surface area contributed by atoms with Crippen LogP contribution in [0, 0.1) is 12.8 Å². The first-order chi connectivity index (χ1) is 6.78. The molecule has 0 radical (unpaired) electrons. The first-order valence-electron chi connectivity index (χ1n) is 5.89. The van der Waals surface area contributed by atoms with Gasteiger partial charge in [-0.2, -0.15) is 0 Å². The van der Waals surface area contributed by atoms with Gasteiger partial charge >= 0.3 is 0 Å². The molecule has 0 N–H and O–H groups in total. The third kappa shape index (κ3) is 1.27. The fraction of sp³-hybridized carbons (Fsp3) is 0.600. The average molecular weight is 202 g/mol. The molecule has 0 bridgehead atoms. The van der Waals surface area contributed by atoms with Crippen molar-refractivity contribution in [3.8, 4) is 0 Å². The van der Waals surface area contributed by atoms with Crippen LogP contribution in [0.5, 0.6) is 0 Å². The number of aryl methyl sites for hydroxylation is 1. The Bertz CT molecular complexity index is 396. The van der Waals surface area contributed by atoms with Crippen molar-refractivity contribution >= 4 is 0 Å². The zero-order valence-electron chi connectivity index (χ0n) is 10.8. The van der Waals surface area contributed by atoms with E-state index in [4.69, 9.17) is 0 Å². The Morgan fingerprint density at radius 1 is 0.933 bits per heavy atom. The topological polar surface area (TPSA) is 0 Å². The molecule has 0 spiro atoms. The monoisotopic (exact) mass is 202 g/mol. The standard InChI is InChI=1S/C15H22/c1-10-7-8-12-13(9-10)15(5,6)11(2)14(12,3)4/h7-9,11H,1-6H3/t11-/m1/s1. The molecule has 2 rings (SSSR count). The van der Waals surface area contributed by atoms with Gasteiger partial charge in [-0.1, -0.05) is 58.4 Å². The quantitative estimate of drug-likeness (QED) is 0.591. The largest absolute Gasteiger partial charge is 0.0608 e. The van der Waals surface area contributed by atoms with Crippen LogP contribution >= 0.6 is 0 Å². The Kier molecular flexibility index (Phi) is 2.05. The van der Waals surface area contributed by atoms with Crippen molar-refractivity contribution in [3.63, 3.8) is 0 Å². The van der Waals surface area contributed by atoms with Crippen LogP contribution in [-0.4, -0.2) is 0 Å². The average Bonchev–Trinajstić information content (AvgIpc) is 2.26. The fourth-order valence-corrected chi connectivity index (χ4v) is 3.12. The summed E-state index contributed by atoms with van der Waals surface area (Å²) in [4.78, 5) is 0. The van der Waals surface area contributed by atoms with Gasteiger partial charge in [-0.15, -0.1) is 0 Å². The van der Waals surface area contributed by atoms with E-state index in [1.807, 2.05) is 0 Å². The molecule has 1 aromatic rings. The number of fused-ring (bicyclic) bond motifs is 1. The SMILES string of the molecule is Cc1ccc2c(c1)C(C)(C)[C@H](C)C2(C)C. The molecule has 0 unspecified atom stereocenters. The predicted octanol–water partition coefficient (Wildman–Crippen LogP) is 4.20. The van der Waals surface area contributed by atoms with E-state index in [9.17, 15) is 0 Å². The Morgan fingerprint density at radius 3 is 2.07 bits per heavy atom. The van der Waals surface area contributed by atoms with Crippen LogP contribution in [0.2, 0.25) is 0 Å². The van der Waals surface area contributed by atoms with Gasteiger partial charge in [-0.3, -0.25) is 0 Å². The van der Waals surface area contributed by atoms with Crippen LogP contribution in [0.3, 0.4) is 0 Å². The van der Waals surface area contributed by atoms with Crippen molar-refractivity contribution in [1.29, 1.82) is 0 Å². The van der Waals surface area contributed by atoms with E-state index < -0.39 is 0 Å². The summed E-state index contributed by atoms with van der Waals surface area (Å²) >= 11 is 0. The third-order valence-electron chi connectivity index (χ3n) is 4.73. The molecule has 82 valence electrons. The molecule has 1 aromatic carbocycles. The molecule has 0 heterocycles. The Balaban J connectivity index is 2.71. The van der Waals surface area contributed by atoms with Crippen molar-refractivity contribution in [1.82, 2.24) is 0 Å². The van der Waals surface area contributed by atoms with Crippen molar-refractivity contribution in [2.75, 3.05) is 0 Å². The summed E-state index contributed by atoms with van der Waals surface area (Å²) < 4.78 is 0. The molecule has 0 saturated carbocycles. The molecule has 0 aromatic heterocycles. The minimum atomic E-state index is 0.310. The van der Waals surface area contributed by atoms with Gasteiger partial charge in [-0.05, 0) is 34.8 Å². The van der Waals surface area contributed by atoms with Gasteiger partial charge in [0.05, 0.1) is 0 Å². The van der Waals surface area contributed by atoms with Gasteiger partial charge in [0.15, 0.2) is 0 Å². The highest BCUT2D eigenvalue weighted by Gasteiger charge is 2.48. The summed E-state index contributed by atoms with van der Waals surface area (Å²) in [6.07, 6.45) is 0. The van der Waals surface area contributed by atoms with Crippen molar-refractivity contribution < 1.29 is 0 Å². The molecule has 1 atom stereocenters. The highest BCUT2D eigenvalue weighted by atomic mass is 14.5. The van der Waals surface area contributed by atoms with Crippen LogP contribution in [-0.2, 0) is 10.8 Å². The number of hydrogen-bond donors (Lipinski definition) is 0. The first kappa shape index (κ1) is 10.7. The maximum absolute atomic E-state index is 2.38. The lowest BCUT2D eigenvalue weighted by Crippen LogP contribution is -2.30. The second-order valence-corrected chi connectivity index (χ2v) is 6.21. The molecule has 0 saturated heterocycles. The van der Waals surface area contributed by atoms with Gasteiger partial charge in [0.1, 0.15) is 0 Å². The molecule has 0 fully saturated rings. The van der Waals surface area contributed by atoms with Crippen LogP contribution < -0.4 is 0 Å². The molecule has 1 aliphatic carbocycles. The molecule has 0 heteroatoms. The molecule has 15 heavy (non-hydrogen) atoms. The van der Waals surface area contributed by atoms with E-state index in [0.717, 1.165) is 0 Å². The van der Waals surface area contributed by atoms with E-state index >= 15 is 0 Å². The molecular weight excluding hydrogens is 180 g/mol. The van der Waals surface area contributed by atoms with E-state index in [-0.39, 0.29) is 0 Å². The summed E-state index contributed by atoms with van der Waals surface area (Å²) in [6, 6.07) is 6.95. The van der Waals surface area contributed by atoms with E-state index in [1.165, 1.54) is 5.56 Å². The molecule has 0 nitrogen and oxygen atoms in total. The first-order valence-corrected chi connectivity index (χ1v) is 5.89. The molecule has 1 aliphatic rings. The van der Waals surface area contributed by atoms with Crippen LogP contribution in [0.4, 0.5) is 0 Å². The van der Waals surface area contributed by atoms with Gasteiger partial charge in [0.2, 0.25) is 0 Å². The maximum atomic E-state index is 2.38. The van der Waals surface area contributed by atoms with Crippen LogP contribution in [0.15, 0.2) is 18.2 Å².